The summed E-state index contributed by atoms with van der Waals surface area (Å²) >= 11 is 0. The normalized spacial score (nSPS) is 16.6. The molecule has 0 spiro atoms. The predicted molar refractivity (Wildman–Crippen MR) is 97.1 cm³/mol. The van der Waals surface area contributed by atoms with Gasteiger partial charge in [-0.1, -0.05) is 19.4 Å². The Hall–Kier alpha value is -2.70. The minimum Gasteiger partial charge on any atom is -0.490 e. The Bertz CT molecular complexity index is 699. The molecule has 0 bridgehead atoms. The number of carbonyl (C=O) groups excluding carboxylic acids is 2. The number of hydrogen-bond donors (Lipinski definition) is 2. The monoisotopic (exact) mass is 362 g/mol. The molecule has 1 aromatic rings. The lowest BCUT2D eigenvalue weighted by Crippen LogP contribution is -2.45. The number of ether oxygens (including phenoxy) is 3. The zero-order valence-electron chi connectivity index (χ0n) is 15.7. The van der Waals surface area contributed by atoms with Gasteiger partial charge in [-0.3, -0.25) is 0 Å². The smallest absolute Gasteiger partial charge is 0.337 e. The van der Waals surface area contributed by atoms with Gasteiger partial charge >= 0.3 is 12.0 Å². The zero-order chi connectivity index (χ0) is 19.1. The van der Waals surface area contributed by atoms with Crippen molar-refractivity contribution in [2.45, 2.75) is 39.7 Å². The van der Waals surface area contributed by atoms with E-state index in [9.17, 15) is 9.59 Å². The van der Waals surface area contributed by atoms with Crippen LogP contribution in [-0.4, -0.2) is 32.3 Å². The number of esters is 1. The molecule has 2 rings (SSSR count). The maximum atomic E-state index is 12.2. The number of methoxy groups -OCH3 is 1. The molecule has 0 saturated carbocycles. The van der Waals surface area contributed by atoms with Crippen LogP contribution < -0.4 is 20.1 Å². The van der Waals surface area contributed by atoms with E-state index in [4.69, 9.17) is 14.2 Å². The summed E-state index contributed by atoms with van der Waals surface area (Å²) in [4.78, 5) is 24.1. The fourth-order valence-electron chi connectivity index (χ4n) is 2.74. The number of amides is 2. The van der Waals surface area contributed by atoms with E-state index in [1.54, 1.807) is 19.1 Å². The summed E-state index contributed by atoms with van der Waals surface area (Å²) in [5.74, 6) is 0.724. The molecule has 1 aliphatic rings. The molecule has 0 fully saturated rings. The van der Waals surface area contributed by atoms with E-state index >= 15 is 0 Å². The van der Waals surface area contributed by atoms with Crippen molar-refractivity contribution in [2.24, 2.45) is 0 Å². The van der Waals surface area contributed by atoms with Crippen molar-refractivity contribution in [2.75, 3.05) is 20.3 Å². The van der Waals surface area contributed by atoms with E-state index in [2.05, 4.69) is 17.6 Å². The molecule has 1 heterocycles. The molecular weight excluding hydrogens is 336 g/mol. The van der Waals surface area contributed by atoms with Crippen LogP contribution >= 0.6 is 0 Å². The molecule has 7 heteroatoms. The Balaban J connectivity index is 2.38. The van der Waals surface area contributed by atoms with Crippen LogP contribution in [0.2, 0.25) is 0 Å². The number of unbranched alkanes of at least 4 members (excludes halogenated alkanes) is 1. The second kappa shape index (κ2) is 9.12. The molecule has 26 heavy (non-hydrogen) atoms. The largest absolute Gasteiger partial charge is 0.490 e. The van der Waals surface area contributed by atoms with Crippen LogP contribution in [0.4, 0.5) is 4.79 Å². The Morgan fingerprint density at radius 3 is 2.62 bits per heavy atom. The Morgan fingerprint density at radius 1 is 1.19 bits per heavy atom. The van der Waals surface area contributed by atoms with Crippen molar-refractivity contribution in [1.82, 2.24) is 10.6 Å². The van der Waals surface area contributed by atoms with Gasteiger partial charge in [0, 0.05) is 5.70 Å². The summed E-state index contributed by atoms with van der Waals surface area (Å²) in [6.07, 6.45) is 1.99. The third-order valence-electron chi connectivity index (χ3n) is 4.03. The molecule has 142 valence electrons. The van der Waals surface area contributed by atoms with E-state index < -0.39 is 12.0 Å². The first-order valence-corrected chi connectivity index (χ1v) is 8.77. The lowest BCUT2D eigenvalue weighted by Gasteiger charge is -2.28. The summed E-state index contributed by atoms with van der Waals surface area (Å²) in [5.41, 5.74) is 1.53. The molecule has 1 atom stereocenters. The average Bonchev–Trinajstić information content (AvgIpc) is 2.62. The first kappa shape index (κ1) is 19.6. The molecule has 7 nitrogen and oxygen atoms in total. The Labute approximate surface area is 153 Å². The van der Waals surface area contributed by atoms with Crippen molar-refractivity contribution in [3.05, 3.63) is 35.0 Å². The molecule has 1 aromatic carbocycles. The topological polar surface area (TPSA) is 85.9 Å². The van der Waals surface area contributed by atoms with E-state index in [1.165, 1.54) is 7.11 Å². The van der Waals surface area contributed by atoms with E-state index in [1.807, 2.05) is 13.0 Å². The summed E-state index contributed by atoms with van der Waals surface area (Å²) in [6.45, 7) is 6.73. The van der Waals surface area contributed by atoms with Gasteiger partial charge in [0.2, 0.25) is 0 Å². The van der Waals surface area contributed by atoms with Gasteiger partial charge in [0.05, 0.1) is 31.9 Å². The van der Waals surface area contributed by atoms with Crippen molar-refractivity contribution in [1.29, 1.82) is 0 Å². The highest BCUT2D eigenvalue weighted by atomic mass is 16.5. The quantitative estimate of drug-likeness (QED) is 0.548. The maximum absolute atomic E-state index is 12.2. The number of allylic oxidation sites excluding steroid dienone is 1. The predicted octanol–water partition coefficient (Wildman–Crippen LogP) is 3.07. The molecule has 1 unspecified atom stereocenters. The van der Waals surface area contributed by atoms with Gasteiger partial charge in [0.25, 0.3) is 0 Å². The van der Waals surface area contributed by atoms with Crippen molar-refractivity contribution in [3.8, 4) is 11.5 Å². The van der Waals surface area contributed by atoms with Gasteiger partial charge in [-0.2, -0.15) is 0 Å². The molecule has 0 aliphatic carbocycles. The highest BCUT2D eigenvalue weighted by Gasteiger charge is 2.32. The van der Waals surface area contributed by atoms with Crippen LogP contribution in [0.25, 0.3) is 0 Å². The lowest BCUT2D eigenvalue weighted by atomic mass is 9.95. The number of carbonyl (C=O) groups is 2. The van der Waals surface area contributed by atoms with E-state index in [0.29, 0.717) is 41.5 Å². The highest BCUT2D eigenvalue weighted by molar-refractivity contribution is 5.94. The average molecular weight is 362 g/mol. The molecular formula is C19H26N2O5. The van der Waals surface area contributed by atoms with Gasteiger partial charge in [-0.15, -0.1) is 0 Å². The second-order valence-corrected chi connectivity index (χ2v) is 5.90. The van der Waals surface area contributed by atoms with E-state index in [-0.39, 0.29) is 6.03 Å². The van der Waals surface area contributed by atoms with Crippen LogP contribution in [0, 0.1) is 0 Å². The summed E-state index contributed by atoms with van der Waals surface area (Å²) < 4.78 is 16.3. The highest BCUT2D eigenvalue weighted by Crippen LogP contribution is 2.34. The van der Waals surface area contributed by atoms with Crippen LogP contribution in [0.3, 0.4) is 0 Å². The van der Waals surface area contributed by atoms with Gasteiger partial charge in [0.1, 0.15) is 0 Å². The van der Waals surface area contributed by atoms with Crippen LogP contribution in [0.15, 0.2) is 29.5 Å². The SMILES string of the molecule is CCCCOc1ccc(C2NC(=O)NC(C)=C2C(=O)OC)cc1OCC. The molecule has 0 radical (unpaired) electrons. The van der Waals surface area contributed by atoms with Crippen molar-refractivity contribution in [3.63, 3.8) is 0 Å². The molecule has 2 amide bonds. The molecule has 0 saturated heterocycles. The number of hydrogen-bond acceptors (Lipinski definition) is 5. The van der Waals surface area contributed by atoms with Gasteiger partial charge in [-0.05, 0) is 38.0 Å². The third kappa shape index (κ3) is 4.47. The maximum Gasteiger partial charge on any atom is 0.337 e. The van der Waals surface area contributed by atoms with Crippen molar-refractivity contribution >= 4 is 12.0 Å². The van der Waals surface area contributed by atoms with Gasteiger partial charge < -0.3 is 24.8 Å². The third-order valence-corrected chi connectivity index (χ3v) is 4.03. The Kier molecular flexibility index (Phi) is 6.89. The number of rotatable bonds is 8. The van der Waals surface area contributed by atoms with Crippen LogP contribution in [0.5, 0.6) is 11.5 Å². The fourth-order valence-corrected chi connectivity index (χ4v) is 2.74. The second-order valence-electron chi connectivity index (χ2n) is 5.90. The summed E-state index contributed by atoms with van der Waals surface area (Å²) in [7, 11) is 1.31. The minimum atomic E-state index is -0.625. The van der Waals surface area contributed by atoms with Crippen LogP contribution in [-0.2, 0) is 9.53 Å². The number of nitrogens with one attached hydrogen (secondary N) is 2. The Morgan fingerprint density at radius 2 is 1.96 bits per heavy atom. The summed E-state index contributed by atoms with van der Waals surface area (Å²) in [5, 5.41) is 5.37. The number of urea groups is 1. The molecule has 1 aliphatic heterocycles. The van der Waals surface area contributed by atoms with Crippen molar-refractivity contribution < 1.29 is 23.8 Å². The molecule has 0 aromatic heterocycles. The minimum absolute atomic E-state index is 0.356. The molecule has 2 N–H and O–H groups in total. The lowest BCUT2D eigenvalue weighted by molar-refractivity contribution is -0.136. The fraction of sp³-hybridized carbons (Fsp3) is 0.474. The summed E-state index contributed by atoms with van der Waals surface area (Å²) in [6, 6.07) is 4.41. The first-order valence-electron chi connectivity index (χ1n) is 8.77. The van der Waals surface area contributed by atoms with Gasteiger partial charge in [0.15, 0.2) is 11.5 Å². The standard InChI is InChI=1S/C19H26N2O5/c1-5-7-10-26-14-9-8-13(11-15(14)25-6-2)17-16(18(22)24-4)12(3)20-19(23)21-17/h8-9,11,17H,5-7,10H2,1-4H3,(H2,20,21,23). The zero-order valence-corrected chi connectivity index (χ0v) is 15.7. The van der Waals surface area contributed by atoms with Crippen LogP contribution in [0.1, 0.15) is 45.2 Å². The first-order chi connectivity index (χ1) is 12.5. The number of benzene rings is 1. The van der Waals surface area contributed by atoms with Gasteiger partial charge in [-0.25, -0.2) is 9.59 Å². The van der Waals surface area contributed by atoms with E-state index in [0.717, 1.165) is 12.8 Å².